The zero-order valence-electron chi connectivity index (χ0n) is 11.5. The number of benzene rings is 1. The predicted octanol–water partition coefficient (Wildman–Crippen LogP) is 2.96. The molecule has 0 bridgehead atoms. The molecule has 2 atom stereocenters. The fourth-order valence-corrected chi connectivity index (χ4v) is 4.28. The molecule has 2 aliphatic rings. The van der Waals surface area contributed by atoms with Crippen LogP contribution in [0.5, 0.6) is 5.75 Å². The van der Waals surface area contributed by atoms with Crippen molar-refractivity contribution in [3.63, 3.8) is 0 Å². The minimum absolute atomic E-state index is 0.0824. The van der Waals surface area contributed by atoms with E-state index in [0.29, 0.717) is 6.61 Å². The van der Waals surface area contributed by atoms with Gasteiger partial charge in [0.05, 0.1) is 12.2 Å². The highest BCUT2D eigenvalue weighted by molar-refractivity contribution is 7.99. The van der Waals surface area contributed by atoms with Crippen molar-refractivity contribution >= 4 is 17.7 Å². The third-order valence-electron chi connectivity index (χ3n) is 3.98. The van der Waals surface area contributed by atoms with Crippen LogP contribution in [-0.4, -0.2) is 40.9 Å². The average molecular weight is 312 g/mol. The molecule has 1 aromatic carbocycles. The van der Waals surface area contributed by atoms with Crippen LogP contribution in [0.3, 0.4) is 0 Å². The van der Waals surface area contributed by atoms with E-state index in [1.807, 2.05) is 11.8 Å². The van der Waals surface area contributed by atoms with Crippen molar-refractivity contribution in [3.05, 3.63) is 29.6 Å². The number of halogens is 1. The van der Waals surface area contributed by atoms with Gasteiger partial charge in [-0.3, -0.25) is 0 Å². The zero-order valence-corrected chi connectivity index (χ0v) is 12.3. The van der Waals surface area contributed by atoms with Gasteiger partial charge in [-0.1, -0.05) is 0 Å². The van der Waals surface area contributed by atoms with Gasteiger partial charge in [0.2, 0.25) is 0 Å². The molecule has 6 heteroatoms. The van der Waals surface area contributed by atoms with E-state index in [-0.39, 0.29) is 23.0 Å². The summed E-state index contributed by atoms with van der Waals surface area (Å²) < 4.78 is 25.0. The van der Waals surface area contributed by atoms with E-state index in [4.69, 9.17) is 14.6 Å². The van der Waals surface area contributed by atoms with Crippen LogP contribution in [0.2, 0.25) is 0 Å². The second kappa shape index (κ2) is 5.85. The van der Waals surface area contributed by atoms with Crippen molar-refractivity contribution in [2.45, 2.75) is 31.0 Å². The molecule has 2 fully saturated rings. The number of carbonyl (C=O) groups is 1. The molecule has 0 aliphatic carbocycles. The van der Waals surface area contributed by atoms with Crippen molar-refractivity contribution in [1.29, 1.82) is 0 Å². The van der Waals surface area contributed by atoms with E-state index in [1.54, 1.807) is 0 Å². The molecule has 21 heavy (non-hydrogen) atoms. The van der Waals surface area contributed by atoms with E-state index in [2.05, 4.69) is 0 Å². The summed E-state index contributed by atoms with van der Waals surface area (Å²) in [5.74, 6) is 0.529. The lowest BCUT2D eigenvalue weighted by Crippen LogP contribution is -2.44. The maximum absolute atomic E-state index is 13.2. The quantitative estimate of drug-likeness (QED) is 0.930. The van der Waals surface area contributed by atoms with E-state index in [1.165, 1.54) is 12.1 Å². The highest BCUT2D eigenvalue weighted by atomic mass is 32.2. The Morgan fingerprint density at radius 2 is 2.38 bits per heavy atom. The summed E-state index contributed by atoms with van der Waals surface area (Å²) in [4.78, 5) is 11.2. The van der Waals surface area contributed by atoms with Gasteiger partial charge in [-0.25, -0.2) is 9.18 Å². The van der Waals surface area contributed by atoms with Crippen LogP contribution >= 0.6 is 11.8 Å². The summed E-state index contributed by atoms with van der Waals surface area (Å²) in [6.45, 7) is 0.620. The Labute approximate surface area is 126 Å². The van der Waals surface area contributed by atoms with Gasteiger partial charge in [-0.05, 0) is 30.4 Å². The van der Waals surface area contributed by atoms with E-state index < -0.39 is 11.8 Å². The Bertz CT molecular complexity index is 542. The largest absolute Gasteiger partial charge is 0.489 e. The first-order valence-electron chi connectivity index (χ1n) is 6.99. The maximum Gasteiger partial charge on any atom is 0.339 e. The normalized spacial score (nSPS) is 28.7. The fraction of sp³-hybridized carbons (Fsp3) is 0.533. The van der Waals surface area contributed by atoms with Gasteiger partial charge in [0.25, 0.3) is 0 Å². The topological polar surface area (TPSA) is 55.8 Å². The van der Waals surface area contributed by atoms with E-state index in [0.717, 1.165) is 36.8 Å². The molecule has 2 unspecified atom stereocenters. The summed E-state index contributed by atoms with van der Waals surface area (Å²) in [6, 6.07) is 3.62. The van der Waals surface area contributed by atoms with Crippen LogP contribution < -0.4 is 4.74 Å². The van der Waals surface area contributed by atoms with E-state index >= 15 is 0 Å². The average Bonchev–Trinajstić information content (AvgIpc) is 2.88. The maximum atomic E-state index is 13.2. The third kappa shape index (κ3) is 3.16. The summed E-state index contributed by atoms with van der Waals surface area (Å²) in [5, 5.41) is 9.15. The number of thioether (sulfide) groups is 1. The van der Waals surface area contributed by atoms with Gasteiger partial charge in [0.15, 0.2) is 0 Å². The lowest BCUT2D eigenvalue weighted by atomic mass is 9.91. The minimum Gasteiger partial charge on any atom is -0.489 e. The Hall–Kier alpha value is -1.27. The first kappa shape index (κ1) is 14.7. The molecule has 2 saturated heterocycles. The van der Waals surface area contributed by atoms with Crippen molar-refractivity contribution in [2.75, 3.05) is 18.1 Å². The molecular weight excluding hydrogens is 295 g/mol. The van der Waals surface area contributed by atoms with Crippen molar-refractivity contribution in [2.24, 2.45) is 0 Å². The zero-order chi connectivity index (χ0) is 14.9. The molecule has 0 radical (unpaired) electrons. The molecule has 3 rings (SSSR count). The Balaban J connectivity index is 1.75. The van der Waals surface area contributed by atoms with Crippen LogP contribution in [0.1, 0.15) is 29.6 Å². The van der Waals surface area contributed by atoms with Gasteiger partial charge >= 0.3 is 5.97 Å². The van der Waals surface area contributed by atoms with Crippen LogP contribution in [-0.2, 0) is 4.74 Å². The number of carboxylic acids is 1. The Kier molecular flexibility index (Phi) is 4.08. The lowest BCUT2D eigenvalue weighted by molar-refractivity contribution is -0.0959. The van der Waals surface area contributed by atoms with Crippen LogP contribution in [0.15, 0.2) is 18.2 Å². The Morgan fingerprint density at radius 3 is 3.10 bits per heavy atom. The molecule has 4 nitrogen and oxygen atoms in total. The standard InChI is InChI=1S/C15H17FO4S/c16-10-1-2-13(12(7-10)14(17)18)20-11-3-5-19-15(8-11)4-6-21-9-15/h1-2,7,11H,3-6,8-9H2,(H,17,18). The number of carboxylic acid groups (broad SMARTS) is 1. The number of ether oxygens (including phenoxy) is 2. The number of hydrogen-bond donors (Lipinski definition) is 1. The molecule has 0 amide bonds. The molecule has 1 aromatic rings. The number of rotatable bonds is 3. The number of aromatic carboxylic acids is 1. The summed E-state index contributed by atoms with van der Waals surface area (Å²) in [5.41, 5.74) is -0.256. The SMILES string of the molecule is O=C(O)c1cc(F)ccc1OC1CCOC2(CCSC2)C1. The second-order valence-corrected chi connectivity index (χ2v) is 6.62. The van der Waals surface area contributed by atoms with Gasteiger partial charge in [0.1, 0.15) is 23.2 Å². The smallest absolute Gasteiger partial charge is 0.339 e. The molecule has 0 saturated carbocycles. The molecule has 1 spiro atoms. The van der Waals surface area contributed by atoms with Crippen LogP contribution in [0, 0.1) is 5.82 Å². The van der Waals surface area contributed by atoms with Gasteiger partial charge in [-0.15, -0.1) is 0 Å². The highest BCUT2D eigenvalue weighted by Gasteiger charge is 2.41. The molecule has 2 aliphatic heterocycles. The first-order chi connectivity index (χ1) is 10.1. The van der Waals surface area contributed by atoms with Gasteiger partial charge in [0, 0.05) is 18.6 Å². The Morgan fingerprint density at radius 1 is 1.52 bits per heavy atom. The third-order valence-corrected chi connectivity index (χ3v) is 5.20. The van der Waals surface area contributed by atoms with Crippen LogP contribution in [0.4, 0.5) is 4.39 Å². The molecule has 114 valence electrons. The van der Waals surface area contributed by atoms with Gasteiger partial charge in [-0.2, -0.15) is 11.8 Å². The van der Waals surface area contributed by atoms with Gasteiger partial charge < -0.3 is 14.6 Å². The van der Waals surface area contributed by atoms with E-state index in [9.17, 15) is 9.18 Å². The summed E-state index contributed by atoms with van der Waals surface area (Å²) >= 11 is 1.87. The second-order valence-electron chi connectivity index (χ2n) is 5.51. The highest BCUT2D eigenvalue weighted by Crippen LogP contribution is 2.39. The molecular formula is C15H17FO4S. The fourth-order valence-electron chi connectivity index (χ4n) is 2.90. The molecule has 1 N–H and O–H groups in total. The summed E-state index contributed by atoms with van der Waals surface area (Å²) in [7, 11) is 0. The first-order valence-corrected chi connectivity index (χ1v) is 8.15. The minimum atomic E-state index is -1.18. The van der Waals surface area contributed by atoms with Crippen molar-refractivity contribution < 1.29 is 23.8 Å². The number of hydrogen-bond acceptors (Lipinski definition) is 4. The van der Waals surface area contributed by atoms with Crippen molar-refractivity contribution in [1.82, 2.24) is 0 Å². The van der Waals surface area contributed by atoms with Crippen LogP contribution in [0.25, 0.3) is 0 Å². The molecule has 2 heterocycles. The van der Waals surface area contributed by atoms with Crippen molar-refractivity contribution in [3.8, 4) is 5.75 Å². The predicted molar refractivity (Wildman–Crippen MR) is 77.6 cm³/mol. The summed E-state index contributed by atoms with van der Waals surface area (Å²) in [6.07, 6.45) is 2.41. The molecule has 0 aromatic heterocycles. The monoisotopic (exact) mass is 312 g/mol. The lowest BCUT2D eigenvalue weighted by Gasteiger charge is -2.37.